The summed E-state index contributed by atoms with van der Waals surface area (Å²) in [4.78, 5) is 11.5. The molecule has 1 aromatic rings. The summed E-state index contributed by atoms with van der Waals surface area (Å²) in [5.74, 6) is 1.82. The average Bonchev–Trinajstić information content (AvgIpc) is 3.14. The minimum Gasteiger partial charge on any atom is -0.371 e. The van der Waals surface area contributed by atoms with Gasteiger partial charge >= 0.3 is 0 Å². The molecule has 0 amide bonds. The number of halogens is 1. The maximum Gasteiger partial charge on any atom is 0.248 e. The van der Waals surface area contributed by atoms with Crippen molar-refractivity contribution in [3.8, 4) is 0 Å². The Hall–Kier alpha value is -0.940. The Morgan fingerprint density at radius 1 is 1.25 bits per heavy atom. The molecule has 0 bridgehead atoms. The number of aliphatic imine (C=N–C) groups is 1. The molecule has 1 aliphatic rings. The SMILES string of the molecule is CCNC(=NCc1nc(C(C)OCC)no1)NCC(C)(C)N1CCCCC1.I. The van der Waals surface area contributed by atoms with Crippen LogP contribution in [0.4, 0.5) is 0 Å². The molecule has 1 aliphatic heterocycles. The van der Waals surface area contributed by atoms with E-state index in [4.69, 9.17) is 9.26 Å². The number of likely N-dealkylation sites (tertiary alicyclic amines) is 1. The van der Waals surface area contributed by atoms with Crippen LogP contribution in [0.15, 0.2) is 9.52 Å². The first-order chi connectivity index (χ1) is 13.0. The summed E-state index contributed by atoms with van der Waals surface area (Å²) >= 11 is 0. The van der Waals surface area contributed by atoms with Gasteiger partial charge in [0.25, 0.3) is 0 Å². The molecule has 1 fully saturated rings. The highest BCUT2D eigenvalue weighted by Gasteiger charge is 2.27. The Morgan fingerprint density at radius 3 is 2.61 bits per heavy atom. The van der Waals surface area contributed by atoms with E-state index >= 15 is 0 Å². The van der Waals surface area contributed by atoms with Gasteiger partial charge in [-0.3, -0.25) is 4.90 Å². The van der Waals surface area contributed by atoms with Crippen LogP contribution in [0.5, 0.6) is 0 Å². The molecule has 2 rings (SSSR count). The van der Waals surface area contributed by atoms with E-state index in [9.17, 15) is 0 Å². The molecule has 0 spiro atoms. The van der Waals surface area contributed by atoms with Crippen molar-refractivity contribution in [3.63, 3.8) is 0 Å². The molecule has 1 atom stereocenters. The Bertz CT molecular complexity index is 587. The lowest BCUT2D eigenvalue weighted by Gasteiger charge is -2.41. The number of hydrogen-bond donors (Lipinski definition) is 2. The summed E-state index contributed by atoms with van der Waals surface area (Å²) in [7, 11) is 0. The molecule has 0 radical (unpaired) electrons. The Labute approximate surface area is 186 Å². The average molecular weight is 508 g/mol. The Morgan fingerprint density at radius 2 is 1.96 bits per heavy atom. The lowest BCUT2D eigenvalue weighted by Crippen LogP contribution is -2.54. The highest BCUT2D eigenvalue weighted by Crippen LogP contribution is 2.19. The van der Waals surface area contributed by atoms with Gasteiger partial charge in [0.2, 0.25) is 5.89 Å². The third kappa shape index (κ3) is 7.82. The summed E-state index contributed by atoms with van der Waals surface area (Å²) in [6.07, 6.45) is 3.75. The van der Waals surface area contributed by atoms with Gasteiger partial charge < -0.3 is 19.9 Å². The lowest BCUT2D eigenvalue weighted by atomic mass is 9.98. The van der Waals surface area contributed by atoms with Crippen molar-refractivity contribution in [2.75, 3.05) is 32.8 Å². The molecule has 28 heavy (non-hydrogen) atoms. The first-order valence-electron chi connectivity index (χ1n) is 10.2. The van der Waals surface area contributed by atoms with Crippen LogP contribution in [0, 0.1) is 0 Å². The van der Waals surface area contributed by atoms with Crippen LogP contribution in [0.3, 0.4) is 0 Å². The maximum atomic E-state index is 5.49. The Balaban J connectivity index is 0.00000392. The fourth-order valence-electron chi connectivity index (χ4n) is 3.22. The van der Waals surface area contributed by atoms with Crippen molar-refractivity contribution < 1.29 is 9.26 Å². The number of rotatable bonds is 9. The number of ether oxygens (including phenoxy) is 1. The molecular weight excluding hydrogens is 471 g/mol. The van der Waals surface area contributed by atoms with E-state index in [2.05, 4.69) is 51.4 Å². The van der Waals surface area contributed by atoms with E-state index < -0.39 is 0 Å². The second-order valence-corrected chi connectivity index (χ2v) is 7.55. The van der Waals surface area contributed by atoms with E-state index in [1.807, 2.05) is 13.8 Å². The molecule has 162 valence electrons. The predicted octanol–water partition coefficient (Wildman–Crippen LogP) is 3.10. The summed E-state index contributed by atoms with van der Waals surface area (Å²) in [6.45, 7) is 15.4. The zero-order valence-corrected chi connectivity index (χ0v) is 20.3. The van der Waals surface area contributed by atoms with Crippen LogP contribution >= 0.6 is 24.0 Å². The van der Waals surface area contributed by atoms with E-state index in [1.165, 1.54) is 32.4 Å². The zero-order valence-electron chi connectivity index (χ0n) is 18.0. The van der Waals surface area contributed by atoms with Crippen molar-refractivity contribution in [1.29, 1.82) is 0 Å². The smallest absolute Gasteiger partial charge is 0.248 e. The Kier molecular flexibility index (Phi) is 11.3. The van der Waals surface area contributed by atoms with E-state index in [1.54, 1.807) is 0 Å². The third-order valence-corrected chi connectivity index (χ3v) is 4.88. The number of guanidine groups is 1. The van der Waals surface area contributed by atoms with Crippen molar-refractivity contribution in [2.45, 2.75) is 72.1 Å². The second kappa shape index (κ2) is 12.6. The minimum atomic E-state index is -0.173. The topological polar surface area (TPSA) is 87.8 Å². The van der Waals surface area contributed by atoms with Gasteiger partial charge in [-0.05, 0) is 60.5 Å². The van der Waals surface area contributed by atoms with Gasteiger partial charge in [-0.1, -0.05) is 11.6 Å². The zero-order chi connectivity index (χ0) is 19.7. The second-order valence-electron chi connectivity index (χ2n) is 7.55. The molecular formula is C19H37IN6O2. The molecule has 2 heterocycles. The highest BCUT2D eigenvalue weighted by atomic mass is 127. The number of nitrogens with one attached hydrogen (secondary N) is 2. The van der Waals surface area contributed by atoms with Gasteiger partial charge in [0, 0.05) is 25.2 Å². The van der Waals surface area contributed by atoms with E-state index in [0.717, 1.165) is 19.0 Å². The standard InChI is InChI=1S/C19H36N6O2.HI/c1-6-20-18(22-14-19(4,5)25-11-9-8-10-12-25)21-13-16-23-17(24-27-16)15(3)26-7-2;/h15H,6-14H2,1-5H3,(H2,20,21,22);1H. The summed E-state index contributed by atoms with van der Waals surface area (Å²) < 4.78 is 10.8. The summed E-state index contributed by atoms with van der Waals surface area (Å²) in [5, 5.41) is 10.7. The van der Waals surface area contributed by atoms with E-state index in [0.29, 0.717) is 24.9 Å². The van der Waals surface area contributed by atoms with Gasteiger partial charge in [-0.25, -0.2) is 4.99 Å². The van der Waals surface area contributed by atoms with Crippen molar-refractivity contribution in [3.05, 3.63) is 11.7 Å². The molecule has 0 aliphatic carbocycles. The third-order valence-electron chi connectivity index (χ3n) is 4.88. The molecule has 8 nitrogen and oxygen atoms in total. The molecule has 1 unspecified atom stereocenters. The van der Waals surface area contributed by atoms with Crippen LogP contribution < -0.4 is 10.6 Å². The fourth-order valence-corrected chi connectivity index (χ4v) is 3.22. The van der Waals surface area contributed by atoms with Crippen molar-refractivity contribution in [1.82, 2.24) is 25.7 Å². The fraction of sp³-hybridized carbons (Fsp3) is 0.842. The number of aromatic nitrogens is 2. The quantitative estimate of drug-likeness (QED) is 0.301. The van der Waals surface area contributed by atoms with Crippen molar-refractivity contribution >= 4 is 29.9 Å². The predicted molar refractivity (Wildman–Crippen MR) is 122 cm³/mol. The molecule has 2 N–H and O–H groups in total. The molecule has 1 aromatic heterocycles. The number of hydrogen-bond acceptors (Lipinski definition) is 6. The van der Waals surface area contributed by atoms with Gasteiger partial charge in [-0.2, -0.15) is 4.98 Å². The molecule has 0 saturated carbocycles. The first-order valence-corrected chi connectivity index (χ1v) is 10.2. The van der Waals surface area contributed by atoms with E-state index in [-0.39, 0.29) is 35.6 Å². The maximum absolute atomic E-state index is 5.49. The normalized spacial score (nSPS) is 17.1. The molecule has 0 aromatic carbocycles. The van der Waals surface area contributed by atoms with Crippen LogP contribution in [0.25, 0.3) is 0 Å². The minimum absolute atomic E-state index is 0. The van der Waals surface area contributed by atoms with Gasteiger partial charge in [0.1, 0.15) is 12.6 Å². The monoisotopic (exact) mass is 508 g/mol. The van der Waals surface area contributed by atoms with Crippen LogP contribution in [-0.4, -0.2) is 59.3 Å². The summed E-state index contributed by atoms with van der Waals surface area (Å²) in [6, 6.07) is 0. The molecule has 9 heteroatoms. The largest absolute Gasteiger partial charge is 0.371 e. The molecule has 1 saturated heterocycles. The first kappa shape index (κ1) is 25.1. The van der Waals surface area contributed by atoms with Gasteiger partial charge in [0.05, 0.1) is 0 Å². The van der Waals surface area contributed by atoms with Gasteiger partial charge in [0.15, 0.2) is 11.8 Å². The van der Waals surface area contributed by atoms with Gasteiger partial charge in [-0.15, -0.1) is 24.0 Å². The number of nitrogens with zero attached hydrogens (tertiary/aromatic N) is 4. The number of piperidine rings is 1. The van der Waals surface area contributed by atoms with Crippen LogP contribution in [0.2, 0.25) is 0 Å². The summed E-state index contributed by atoms with van der Waals surface area (Å²) in [5.41, 5.74) is 0.0845. The van der Waals surface area contributed by atoms with Crippen molar-refractivity contribution in [2.24, 2.45) is 4.99 Å². The van der Waals surface area contributed by atoms with Crippen LogP contribution in [-0.2, 0) is 11.3 Å². The lowest BCUT2D eigenvalue weighted by molar-refractivity contribution is 0.0683. The highest BCUT2D eigenvalue weighted by molar-refractivity contribution is 14.0. The van der Waals surface area contributed by atoms with Crippen LogP contribution in [0.1, 0.15) is 71.7 Å².